The van der Waals surface area contributed by atoms with Crippen LogP contribution in [0.2, 0.25) is 0 Å². The first-order valence-corrected chi connectivity index (χ1v) is 7.28. The van der Waals surface area contributed by atoms with Crippen molar-refractivity contribution in [2.75, 3.05) is 0 Å². The quantitative estimate of drug-likeness (QED) is 0.607. The van der Waals surface area contributed by atoms with Gasteiger partial charge in [0.1, 0.15) is 0 Å². The fourth-order valence-corrected chi connectivity index (χ4v) is 1.92. The maximum Gasteiger partial charge on any atom is 4.00 e. The molecule has 0 amide bonds. The Morgan fingerprint density at radius 3 is 1.14 bits per heavy atom. The first-order chi connectivity index (χ1) is 8.86. The molecule has 0 fully saturated rings. The smallest absolute Gasteiger partial charge is 1.00 e. The van der Waals surface area contributed by atoms with E-state index in [1.165, 1.54) is 49.7 Å². The summed E-state index contributed by atoms with van der Waals surface area (Å²) in [6.07, 6.45) is 7.75. The largest absolute Gasteiger partial charge is 4.00 e. The number of rotatable bonds is 6. The molecule has 0 unspecified atom stereocenters. The van der Waals surface area contributed by atoms with E-state index < -0.39 is 0 Å². The zero-order valence-corrected chi connectivity index (χ0v) is 16.0. The molecule has 0 aromatic heterocycles. The minimum absolute atomic E-state index is 0. The molecular weight excluding hydrogens is 338 g/mol. The summed E-state index contributed by atoms with van der Waals surface area (Å²) in [5, 5.41) is 0. The van der Waals surface area contributed by atoms with Gasteiger partial charge in [0, 0.05) is 0 Å². The number of halogens is 2. The van der Waals surface area contributed by atoms with Crippen molar-refractivity contribution in [2.45, 2.75) is 52.4 Å². The summed E-state index contributed by atoms with van der Waals surface area (Å²) in [5.41, 5.74) is 2.97. The van der Waals surface area contributed by atoms with Gasteiger partial charge >= 0.3 is 18.6 Å². The molecule has 0 spiro atoms. The molecule has 0 bridgehead atoms. The Morgan fingerprint density at radius 1 is 0.619 bits per heavy atom. The van der Waals surface area contributed by atoms with Crippen LogP contribution < -0.4 is 24.8 Å². The minimum Gasteiger partial charge on any atom is -1.00 e. The van der Waals surface area contributed by atoms with Gasteiger partial charge in [0.15, 0.2) is 0 Å². The molecule has 0 saturated heterocycles. The van der Waals surface area contributed by atoms with Gasteiger partial charge < -0.3 is 24.8 Å². The molecule has 0 aliphatic carbocycles. The van der Waals surface area contributed by atoms with Crippen LogP contribution >= 0.6 is 0 Å². The summed E-state index contributed by atoms with van der Waals surface area (Å²) < 4.78 is 0. The number of hydrogen-bond acceptors (Lipinski definition) is 0. The summed E-state index contributed by atoms with van der Waals surface area (Å²) in [6.45, 7) is 4.45. The summed E-state index contributed by atoms with van der Waals surface area (Å²) in [4.78, 5) is 0. The van der Waals surface area contributed by atoms with Gasteiger partial charge in [-0.1, -0.05) is 52.4 Å². The molecule has 0 aliphatic rings. The molecule has 0 heterocycles. The Morgan fingerprint density at radius 2 is 0.905 bits per heavy atom. The first-order valence-electron chi connectivity index (χ1n) is 7.28. The second kappa shape index (κ2) is 17.9. The van der Waals surface area contributed by atoms with Crippen molar-refractivity contribution in [2.24, 2.45) is 0 Å². The van der Waals surface area contributed by atoms with E-state index >= 15 is 0 Å². The van der Waals surface area contributed by atoms with Crippen LogP contribution in [0, 0.1) is 0 Å². The van der Waals surface area contributed by atoms with Crippen LogP contribution in [-0.4, -0.2) is 0 Å². The molecule has 0 nitrogen and oxygen atoms in total. The number of hydrogen-bond donors (Lipinski definition) is 0. The van der Waals surface area contributed by atoms with Gasteiger partial charge in [-0.3, -0.25) is 0 Å². The van der Waals surface area contributed by atoms with Gasteiger partial charge in [0.25, 0.3) is 0 Å². The average Bonchev–Trinajstić information content (AvgIpc) is 3.07. The molecule has 117 valence electrons. The number of unbranched alkanes of at least 4 members (excludes halogenated alkanes) is 2. The van der Waals surface area contributed by atoms with Gasteiger partial charge in [-0.2, -0.15) is 35.4 Å². The van der Waals surface area contributed by atoms with Crippen molar-refractivity contribution >= 4 is 0 Å². The molecule has 0 N–H and O–H groups in total. The maximum atomic E-state index is 2.23. The van der Waals surface area contributed by atoms with Crippen molar-refractivity contribution in [1.82, 2.24) is 0 Å². The van der Waals surface area contributed by atoms with E-state index in [2.05, 4.69) is 62.4 Å². The maximum absolute atomic E-state index is 2.23. The molecule has 0 atom stereocenters. The zero-order chi connectivity index (χ0) is 13.1. The van der Waals surface area contributed by atoms with E-state index in [9.17, 15) is 0 Å². The molecule has 2 aromatic rings. The monoisotopic (exact) mass is 363 g/mol. The van der Waals surface area contributed by atoms with E-state index in [1.54, 1.807) is 0 Å². The van der Waals surface area contributed by atoms with Crippen LogP contribution in [0.15, 0.2) is 48.5 Å². The van der Waals surface area contributed by atoms with E-state index in [4.69, 9.17) is 0 Å². The molecule has 0 saturated carbocycles. The zero-order valence-electron chi connectivity index (χ0n) is 13.1. The van der Waals surface area contributed by atoms with Gasteiger partial charge in [-0.05, 0) is 0 Å². The first kappa shape index (κ1) is 25.8. The van der Waals surface area contributed by atoms with Crippen LogP contribution in [0.25, 0.3) is 0 Å². The van der Waals surface area contributed by atoms with Crippen molar-refractivity contribution in [3.8, 4) is 0 Å². The predicted molar refractivity (Wildman–Crippen MR) is 81.3 cm³/mol. The fraction of sp³-hybridized carbons (Fsp3) is 0.444. The Bertz CT molecular complexity index is 328. The number of aryl methyl sites for hydroxylation is 2. The molecule has 2 rings (SSSR count). The average molecular weight is 364 g/mol. The summed E-state index contributed by atoms with van der Waals surface area (Å²) in [7, 11) is 0. The molecule has 2 aromatic carbocycles. The summed E-state index contributed by atoms with van der Waals surface area (Å²) in [5.74, 6) is 0. The molecule has 0 aliphatic heterocycles. The van der Waals surface area contributed by atoms with Crippen LogP contribution in [0.5, 0.6) is 0 Å². The molecular formula is C18H26Cl2V. The molecule has 1 radical (unpaired) electrons. The Kier molecular flexibility index (Phi) is 22.0. The van der Waals surface area contributed by atoms with E-state index in [1.807, 2.05) is 0 Å². The Balaban J connectivity index is -0.000000270. The van der Waals surface area contributed by atoms with Gasteiger partial charge in [0.2, 0.25) is 0 Å². The Hall–Kier alpha value is -0.136. The van der Waals surface area contributed by atoms with Crippen molar-refractivity contribution in [1.29, 1.82) is 0 Å². The van der Waals surface area contributed by atoms with Gasteiger partial charge in [-0.15, -0.1) is 0 Å². The van der Waals surface area contributed by atoms with Crippen LogP contribution in [0.4, 0.5) is 0 Å². The van der Waals surface area contributed by atoms with E-state index in [0.29, 0.717) is 0 Å². The van der Waals surface area contributed by atoms with Crippen LogP contribution in [-0.2, 0) is 31.4 Å². The predicted octanol–water partition coefficient (Wildman–Crippen LogP) is -0.498. The van der Waals surface area contributed by atoms with Gasteiger partial charge in [0.05, 0.1) is 0 Å². The SMILES string of the molecule is CCCC[c-]1cccc1.CCCC[c-]1cccc1.[Cl-].[Cl-].[V+4]. The van der Waals surface area contributed by atoms with Crippen LogP contribution in [0.1, 0.15) is 50.7 Å². The third kappa shape index (κ3) is 13.3. The second-order valence-electron chi connectivity index (χ2n) is 4.79. The fourth-order valence-electron chi connectivity index (χ4n) is 1.92. The third-order valence-electron chi connectivity index (χ3n) is 3.10. The minimum atomic E-state index is 0. The van der Waals surface area contributed by atoms with Gasteiger partial charge in [-0.25, -0.2) is 24.3 Å². The summed E-state index contributed by atoms with van der Waals surface area (Å²) >= 11 is 0. The molecule has 21 heavy (non-hydrogen) atoms. The standard InChI is InChI=1S/2C9H13.2ClH.V/c2*1-2-3-6-9-7-4-5-8-9;;;/h2*4-5,7-8H,2-3,6H2,1H3;2*1H;/q2*-1;;;+4/p-2. The van der Waals surface area contributed by atoms with Crippen molar-refractivity contribution < 1.29 is 43.4 Å². The normalized spacial score (nSPS) is 8.48. The Labute approximate surface area is 155 Å². The van der Waals surface area contributed by atoms with E-state index in [0.717, 1.165) is 0 Å². The van der Waals surface area contributed by atoms with Crippen molar-refractivity contribution in [3.63, 3.8) is 0 Å². The molecule has 3 heteroatoms. The third-order valence-corrected chi connectivity index (χ3v) is 3.10. The van der Waals surface area contributed by atoms with Crippen molar-refractivity contribution in [3.05, 3.63) is 59.7 Å². The van der Waals surface area contributed by atoms with Crippen LogP contribution in [0.3, 0.4) is 0 Å². The van der Waals surface area contributed by atoms with E-state index in [-0.39, 0.29) is 43.4 Å². The second-order valence-corrected chi connectivity index (χ2v) is 4.79. The summed E-state index contributed by atoms with van der Waals surface area (Å²) in [6, 6.07) is 17.2. The topological polar surface area (TPSA) is 0 Å².